The van der Waals surface area contributed by atoms with E-state index in [9.17, 15) is 19.2 Å². The van der Waals surface area contributed by atoms with E-state index in [2.05, 4.69) is 20.6 Å². The molecule has 2 aliphatic heterocycles. The minimum absolute atomic E-state index is 0.142. The number of carbonyl (C=O) groups excluding carboxylic acids is 4. The number of hydrogen-bond donors (Lipinski definition) is 2. The quantitative estimate of drug-likeness (QED) is 0.186. The molecule has 2 N–H and O–H groups in total. The molecule has 0 bridgehead atoms. The third-order valence-corrected chi connectivity index (χ3v) is 9.39. The summed E-state index contributed by atoms with van der Waals surface area (Å²) in [5, 5.41) is 5.89. The Bertz CT molecular complexity index is 1890. The van der Waals surface area contributed by atoms with Crippen LogP contribution in [0.4, 0.5) is 11.4 Å². The number of anilines is 2. The summed E-state index contributed by atoms with van der Waals surface area (Å²) in [6, 6.07) is 19.9. The summed E-state index contributed by atoms with van der Waals surface area (Å²) in [5.74, 6) is -0.248. The van der Waals surface area contributed by atoms with Gasteiger partial charge in [0.25, 0.3) is 11.8 Å². The molecule has 4 heterocycles. The van der Waals surface area contributed by atoms with Crippen LogP contribution in [-0.2, 0) is 9.59 Å². The lowest BCUT2D eigenvalue weighted by Crippen LogP contribution is -2.43. The highest BCUT2D eigenvalue weighted by molar-refractivity contribution is 6.03. The minimum Gasteiger partial charge on any atom is -0.481 e. The van der Waals surface area contributed by atoms with Gasteiger partial charge in [0, 0.05) is 36.6 Å². The van der Waals surface area contributed by atoms with Crippen molar-refractivity contribution in [1.29, 1.82) is 0 Å². The molecule has 0 aliphatic carbocycles. The third-order valence-electron chi connectivity index (χ3n) is 9.39. The van der Waals surface area contributed by atoms with Crippen LogP contribution in [0, 0.1) is 0 Å². The highest BCUT2D eigenvalue weighted by Gasteiger charge is 2.37. The average Bonchev–Trinajstić information content (AvgIpc) is 3.91. The number of likely N-dealkylation sites (tertiary alicyclic amines) is 2. The zero-order chi connectivity index (χ0) is 38.2. The summed E-state index contributed by atoms with van der Waals surface area (Å²) in [6.07, 6.45) is 6.38. The van der Waals surface area contributed by atoms with Crippen molar-refractivity contribution in [3.63, 3.8) is 0 Å². The molecule has 0 unspecified atom stereocenters. The van der Waals surface area contributed by atoms with E-state index >= 15 is 0 Å². The predicted molar refractivity (Wildman–Crippen MR) is 202 cm³/mol. The number of nitrogens with one attached hydrogen (secondary N) is 2. The average molecular weight is 735 g/mol. The summed E-state index contributed by atoms with van der Waals surface area (Å²) >= 11 is 0. The van der Waals surface area contributed by atoms with Crippen molar-refractivity contribution in [1.82, 2.24) is 19.8 Å². The molecule has 0 saturated carbocycles. The molecule has 2 aromatic heterocycles. The second-order valence-corrected chi connectivity index (χ2v) is 12.7. The Morgan fingerprint density at radius 1 is 0.574 bits per heavy atom. The first kappa shape index (κ1) is 37.3. The number of rotatable bonds is 12. The number of nitrogens with zero attached hydrogens (tertiary/aromatic N) is 4. The number of carbonyl (C=O) groups is 4. The number of pyridine rings is 2. The van der Waals surface area contributed by atoms with Crippen LogP contribution >= 0.6 is 0 Å². The maximum atomic E-state index is 13.4. The van der Waals surface area contributed by atoms with Crippen LogP contribution in [0.15, 0.2) is 72.8 Å². The maximum Gasteiger partial charge on any atom is 0.260 e. The number of aromatic nitrogens is 2. The molecular weight excluding hydrogens is 692 g/mol. The number of methoxy groups -OCH3 is 4. The van der Waals surface area contributed by atoms with Crippen molar-refractivity contribution >= 4 is 47.2 Å². The molecule has 6 rings (SSSR count). The van der Waals surface area contributed by atoms with E-state index in [4.69, 9.17) is 18.9 Å². The Kier molecular flexibility index (Phi) is 11.7. The fourth-order valence-corrected chi connectivity index (χ4v) is 6.58. The molecule has 2 aromatic carbocycles. The summed E-state index contributed by atoms with van der Waals surface area (Å²) in [4.78, 5) is 64.9. The van der Waals surface area contributed by atoms with Gasteiger partial charge in [-0.25, -0.2) is 0 Å². The van der Waals surface area contributed by atoms with Gasteiger partial charge in [0.2, 0.25) is 35.3 Å². The monoisotopic (exact) mass is 734 g/mol. The van der Waals surface area contributed by atoms with Crippen LogP contribution in [0.1, 0.15) is 57.5 Å². The second-order valence-electron chi connectivity index (χ2n) is 12.7. The fraction of sp³-hybridized carbons (Fsp3) is 0.300. The molecule has 14 heteroatoms. The van der Waals surface area contributed by atoms with Crippen molar-refractivity contribution < 1.29 is 38.1 Å². The summed E-state index contributed by atoms with van der Waals surface area (Å²) in [6.45, 7) is 0.894. The van der Waals surface area contributed by atoms with Crippen LogP contribution in [0.2, 0.25) is 0 Å². The molecule has 4 amide bonds. The zero-order valence-corrected chi connectivity index (χ0v) is 30.5. The molecule has 2 fully saturated rings. The fourth-order valence-electron chi connectivity index (χ4n) is 6.58. The lowest BCUT2D eigenvalue weighted by Gasteiger charge is -2.24. The normalized spacial score (nSPS) is 16.6. The second kappa shape index (κ2) is 16.9. The van der Waals surface area contributed by atoms with Crippen molar-refractivity contribution in [3.05, 3.63) is 95.1 Å². The first-order valence-electron chi connectivity index (χ1n) is 17.5. The Hall–Kier alpha value is -6.44. The van der Waals surface area contributed by atoms with Crippen LogP contribution in [0.5, 0.6) is 23.5 Å². The van der Waals surface area contributed by atoms with Gasteiger partial charge in [0.05, 0.1) is 28.4 Å². The Morgan fingerprint density at radius 2 is 0.963 bits per heavy atom. The van der Waals surface area contributed by atoms with E-state index in [1.165, 1.54) is 28.4 Å². The van der Waals surface area contributed by atoms with Gasteiger partial charge in [-0.05, 0) is 73.2 Å². The lowest BCUT2D eigenvalue weighted by molar-refractivity contribution is -0.120. The van der Waals surface area contributed by atoms with Crippen LogP contribution in [0.25, 0.3) is 12.2 Å². The smallest absolute Gasteiger partial charge is 0.260 e. The standard InChI is InChI=1S/C40H42N6O8/c1-51-33-21-19-29(37(43-33)53-3)39(49)45-23-5-7-31(45)35(47)41-27-15-11-25(12-16-27)9-10-26-13-17-28(18-14-26)42-36(48)32-8-6-24-46(32)40(50)30-20-22-34(52-2)44-38(30)54-4/h9-22,31-32H,5-8,23-24H2,1-4H3,(H,41,47)(H,42,48)/b10-9+/t31-,32-/m0/s1. The Morgan fingerprint density at radius 3 is 1.31 bits per heavy atom. The van der Waals surface area contributed by atoms with Gasteiger partial charge in [-0.15, -0.1) is 0 Å². The van der Waals surface area contributed by atoms with Crippen molar-refractivity contribution in [2.45, 2.75) is 37.8 Å². The topological polar surface area (TPSA) is 162 Å². The number of benzene rings is 2. The minimum atomic E-state index is -0.628. The van der Waals surface area contributed by atoms with E-state index in [-0.39, 0.29) is 46.5 Å². The van der Waals surface area contributed by atoms with Gasteiger partial charge in [0.15, 0.2) is 0 Å². The zero-order valence-electron chi connectivity index (χ0n) is 30.5. The van der Waals surface area contributed by atoms with E-state index in [0.717, 1.165) is 11.1 Å². The van der Waals surface area contributed by atoms with E-state index < -0.39 is 12.1 Å². The van der Waals surface area contributed by atoms with Gasteiger partial charge in [-0.1, -0.05) is 36.4 Å². The van der Waals surface area contributed by atoms with Crippen molar-refractivity contribution in [3.8, 4) is 23.5 Å². The first-order valence-corrected chi connectivity index (χ1v) is 17.5. The summed E-state index contributed by atoms with van der Waals surface area (Å²) in [7, 11) is 5.83. The van der Waals surface area contributed by atoms with E-state index in [0.29, 0.717) is 61.9 Å². The van der Waals surface area contributed by atoms with E-state index in [1.807, 2.05) is 60.7 Å². The van der Waals surface area contributed by atoms with Crippen molar-refractivity contribution in [2.75, 3.05) is 52.2 Å². The van der Waals surface area contributed by atoms with E-state index in [1.54, 1.807) is 34.1 Å². The van der Waals surface area contributed by atoms with Gasteiger partial charge >= 0.3 is 0 Å². The Balaban J connectivity index is 1.02. The predicted octanol–water partition coefficient (Wildman–Crippen LogP) is 5.17. The molecule has 2 aliphatic rings. The van der Waals surface area contributed by atoms with Gasteiger partial charge in [-0.3, -0.25) is 19.2 Å². The molecular formula is C40H42N6O8. The van der Waals surface area contributed by atoms with Crippen molar-refractivity contribution in [2.24, 2.45) is 0 Å². The molecule has 0 spiro atoms. The molecule has 280 valence electrons. The molecule has 0 radical (unpaired) electrons. The van der Waals surface area contributed by atoms with Gasteiger partial charge in [-0.2, -0.15) is 9.97 Å². The highest BCUT2D eigenvalue weighted by Crippen LogP contribution is 2.29. The lowest BCUT2D eigenvalue weighted by atomic mass is 10.1. The SMILES string of the molecule is COc1ccc(C(=O)N2CCC[C@H]2C(=O)Nc2ccc(/C=C/c3ccc(NC(=O)[C@@H]4CCCN4C(=O)c4ccc(OC)nc4OC)cc3)cc2)c(OC)n1. The maximum absolute atomic E-state index is 13.4. The number of amides is 4. The third kappa shape index (κ3) is 8.27. The molecule has 54 heavy (non-hydrogen) atoms. The number of hydrogen-bond acceptors (Lipinski definition) is 10. The Labute approximate surface area is 313 Å². The van der Waals surface area contributed by atoms with Crippen LogP contribution in [0.3, 0.4) is 0 Å². The molecule has 4 aromatic rings. The van der Waals surface area contributed by atoms with Gasteiger partial charge in [0.1, 0.15) is 23.2 Å². The number of ether oxygens (including phenoxy) is 4. The van der Waals surface area contributed by atoms with Crippen LogP contribution < -0.4 is 29.6 Å². The first-order chi connectivity index (χ1) is 26.2. The summed E-state index contributed by atoms with van der Waals surface area (Å²) in [5.41, 5.74) is 3.59. The summed E-state index contributed by atoms with van der Waals surface area (Å²) < 4.78 is 20.9. The molecule has 2 atom stereocenters. The molecule has 14 nitrogen and oxygen atoms in total. The largest absolute Gasteiger partial charge is 0.481 e. The highest BCUT2D eigenvalue weighted by atomic mass is 16.5. The van der Waals surface area contributed by atoms with Crippen LogP contribution in [-0.4, -0.2) is 97.0 Å². The van der Waals surface area contributed by atoms with Gasteiger partial charge < -0.3 is 39.4 Å². The molecule has 2 saturated heterocycles.